The number of nitrogens with zero attached hydrogens (tertiary/aromatic N) is 3. The molecule has 2 amide bonds. The van der Waals surface area contributed by atoms with Crippen molar-refractivity contribution in [1.82, 2.24) is 20.2 Å². The summed E-state index contributed by atoms with van der Waals surface area (Å²) in [5.74, 6) is 0.549. The Labute approximate surface area is 200 Å². The third kappa shape index (κ3) is 6.35. The second-order valence-electron chi connectivity index (χ2n) is 9.18. The first-order valence-electron chi connectivity index (χ1n) is 12.4. The van der Waals surface area contributed by atoms with Gasteiger partial charge in [0.25, 0.3) is 5.91 Å². The maximum atomic E-state index is 13.3. The van der Waals surface area contributed by atoms with Crippen molar-refractivity contribution in [2.45, 2.75) is 82.6 Å². The lowest BCUT2D eigenvalue weighted by atomic mass is 10.1. The molecule has 34 heavy (non-hydrogen) atoms. The van der Waals surface area contributed by atoms with Gasteiger partial charge in [0, 0.05) is 25.6 Å². The molecule has 1 N–H and O–H groups in total. The number of nitrogens with one attached hydrogen (secondary N) is 1. The predicted molar refractivity (Wildman–Crippen MR) is 122 cm³/mol. The molecule has 10 nitrogen and oxygen atoms in total. The van der Waals surface area contributed by atoms with Gasteiger partial charge in [-0.1, -0.05) is 0 Å². The molecule has 4 rings (SSSR count). The standard InChI is InChI=1S/C24H36N4O6/c1-16(28(17-8-9-17)23(29)21-7-3-4-12-33-21)20-14-26-22(34-18-10-13-32-15-18)19(27-20)6-5-11-25-24(30)31-2/h14,16-18,21H,3-13,15H2,1-2H3,(H,25,30)/t16-,18-,21-/m1/s1. The first-order valence-corrected chi connectivity index (χ1v) is 12.4. The van der Waals surface area contributed by atoms with Gasteiger partial charge in [-0.25, -0.2) is 14.8 Å². The highest BCUT2D eigenvalue weighted by molar-refractivity contribution is 5.82. The Morgan fingerprint density at radius 2 is 2.09 bits per heavy atom. The van der Waals surface area contributed by atoms with E-state index in [0.717, 1.165) is 49.9 Å². The number of carbonyl (C=O) groups is 2. The normalized spacial score (nSPS) is 23.2. The van der Waals surface area contributed by atoms with E-state index in [4.69, 9.17) is 19.2 Å². The minimum atomic E-state index is -0.462. The number of ether oxygens (including phenoxy) is 4. The molecule has 0 spiro atoms. The van der Waals surface area contributed by atoms with Crippen LogP contribution in [0.15, 0.2) is 6.20 Å². The van der Waals surface area contributed by atoms with Gasteiger partial charge in [-0.15, -0.1) is 0 Å². The largest absolute Gasteiger partial charge is 0.471 e. The Hall–Kier alpha value is -2.46. The number of alkyl carbamates (subject to hydrolysis) is 1. The molecule has 3 fully saturated rings. The second kappa shape index (κ2) is 11.8. The molecule has 3 aliphatic rings. The van der Waals surface area contributed by atoms with Crippen LogP contribution >= 0.6 is 0 Å². The zero-order valence-electron chi connectivity index (χ0n) is 20.2. The minimum Gasteiger partial charge on any atom is -0.471 e. The van der Waals surface area contributed by atoms with E-state index in [-0.39, 0.29) is 30.2 Å². The van der Waals surface area contributed by atoms with E-state index < -0.39 is 6.09 Å². The third-order valence-electron chi connectivity index (χ3n) is 6.53. The van der Waals surface area contributed by atoms with Crippen molar-refractivity contribution in [1.29, 1.82) is 0 Å². The summed E-state index contributed by atoms with van der Waals surface area (Å²) in [6, 6.07) is 0.0166. The number of carbonyl (C=O) groups excluding carboxylic acids is 2. The quantitative estimate of drug-likeness (QED) is 0.513. The van der Waals surface area contributed by atoms with E-state index in [1.54, 1.807) is 6.20 Å². The van der Waals surface area contributed by atoms with Crippen LogP contribution in [0.1, 0.15) is 69.3 Å². The van der Waals surface area contributed by atoms with Crippen LogP contribution in [0.3, 0.4) is 0 Å². The van der Waals surface area contributed by atoms with Gasteiger partial charge in [-0.05, 0) is 51.9 Å². The predicted octanol–water partition coefficient (Wildman–Crippen LogP) is 2.55. The number of hydrogen-bond acceptors (Lipinski definition) is 8. The van der Waals surface area contributed by atoms with Crippen molar-refractivity contribution >= 4 is 12.0 Å². The molecule has 0 aromatic carbocycles. The summed E-state index contributed by atoms with van der Waals surface area (Å²) in [6.07, 6.45) is 7.70. The van der Waals surface area contributed by atoms with Gasteiger partial charge in [0.2, 0.25) is 5.88 Å². The fourth-order valence-electron chi connectivity index (χ4n) is 4.46. The molecule has 0 bridgehead atoms. The van der Waals surface area contributed by atoms with Crippen LogP contribution in [-0.2, 0) is 25.4 Å². The molecule has 3 atom stereocenters. The van der Waals surface area contributed by atoms with Gasteiger partial charge in [-0.2, -0.15) is 0 Å². The van der Waals surface area contributed by atoms with Crippen LogP contribution in [0.2, 0.25) is 0 Å². The first kappa shape index (κ1) is 24.7. The number of rotatable bonds is 10. The van der Waals surface area contributed by atoms with Crippen LogP contribution in [0.5, 0.6) is 5.88 Å². The molecule has 3 heterocycles. The molecular weight excluding hydrogens is 440 g/mol. The van der Waals surface area contributed by atoms with E-state index in [1.165, 1.54) is 7.11 Å². The zero-order valence-corrected chi connectivity index (χ0v) is 20.2. The van der Waals surface area contributed by atoms with Crippen molar-refractivity contribution in [2.75, 3.05) is 33.5 Å². The average molecular weight is 477 g/mol. The third-order valence-corrected chi connectivity index (χ3v) is 6.53. The molecule has 188 valence electrons. The summed E-state index contributed by atoms with van der Waals surface area (Å²) in [6.45, 7) is 4.31. The van der Waals surface area contributed by atoms with Crippen LogP contribution in [0.25, 0.3) is 0 Å². The fourth-order valence-corrected chi connectivity index (χ4v) is 4.46. The molecule has 1 saturated carbocycles. The molecule has 2 aliphatic heterocycles. The lowest BCUT2D eigenvalue weighted by Crippen LogP contribution is -2.44. The average Bonchev–Trinajstić information content (AvgIpc) is 3.57. The van der Waals surface area contributed by atoms with Gasteiger partial charge in [-0.3, -0.25) is 4.79 Å². The zero-order chi connectivity index (χ0) is 23.9. The Kier molecular flexibility index (Phi) is 8.55. The highest BCUT2D eigenvalue weighted by Crippen LogP contribution is 2.36. The summed E-state index contributed by atoms with van der Waals surface area (Å²) in [5.41, 5.74) is 1.46. The number of methoxy groups -OCH3 is 1. The topological polar surface area (TPSA) is 112 Å². The second-order valence-corrected chi connectivity index (χ2v) is 9.18. The molecule has 10 heteroatoms. The van der Waals surface area contributed by atoms with Crippen LogP contribution in [-0.4, -0.2) is 78.6 Å². The first-order chi connectivity index (χ1) is 16.6. The van der Waals surface area contributed by atoms with Crippen molar-refractivity contribution in [2.24, 2.45) is 0 Å². The summed E-state index contributed by atoms with van der Waals surface area (Å²) < 4.78 is 21.9. The van der Waals surface area contributed by atoms with E-state index in [9.17, 15) is 9.59 Å². The van der Waals surface area contributed by atoms with Crippen molar-refractivity contribution in [3.8, 4) is 5.88 Å². The van der Waals surface area contributed by atoms with Crippen LogP contribution in [0, 0.1) is 0 Å². The van der Waals surface area contributed by atoms with Gasteiger partial charge in [0.1, 0.15) is 17.9 Å². The van der Waals surface area contributed by atoms with Gasteiger partial charge in [0.15, 0.2) is 0 Å². The van der Waals surface area contributed by atoms with Crippen molar-refractivity contribution < 1.29 is 28.5 Å². The molecule has 0 radical (unpaired) electrons. The molecule has 1 aromatic heterocycles. The maximum absolute atomic E-state index is 13.3. The molecular formula is C24H36N4O6. The Bertz CT molecular complexity index is 837. The summed E-state index contributed by atoms with van der Waals surface area (Å²) in [4.78, 5) is 36.2. The number of amides is 2. The van der Waals surface area contributed by atoms with Gasteiger partial charge >= 0.3 is 6.09 Å². The van der Waals surface area contributed by atoms with E-state index in [0.29, 0.717) is 45.1 Å². The Balaban J connectivity index is 1.49. The number of aromatic nitrogens is 2. The highest BCUT2D eigenvalue weighted by atomic mass is 16.6. The van der Waals surface area contributed by atoms with E-state index in [2.05, 4.69) is 15.0 Å². The van der Waals surface area contributed by atoms with Crippen molar-refractivity contribution in [3.05, 3.63) is 17.6 Å². The minimum absolute atomic E-state index is 0.0440. The van der Waals surface area contributed by atoms with E-state index >= 15 is 0 Å². The van der Waals surface area contributed by atoms with Crippen LogP contribution in [0.4, 0.5) is 4.79 Å². The summed E-state index contributed by atoms with van der Waals surface area (Å²) in [7, 11) is 1.34. The monoisotopic (exact) mass is 476 g/mol. The maximum Gasteiger partial charge on any atom is 0.406 e. The Morgan fingerprint density at radius 3 is 2.76 bits per heavy atom. The van der Waals surface area contributed by atoms with Crippen molar-refractivity contribution in [3.63, 3.8) is 0 Å². The number of hydrogen-bond donors (Lipinski definition) is 1. The summed E-state index contributed by atoms with van der Waals surface area (Å²) >= 11 is 0. The van der Waals surface area contributed by atoms with E-state index in [1.807, 2.05) is 11.8 Å². The lowest BCUT2D eigenvalue weighted by molar-refractivity contribution is -0.149. The fraction of sp³-hybridized carbons (Fsp3) is 0.750. The number of aryl methyl sites for hydroxylation is 1. The van der Waals surface area contributed by atoms with Gasteiger partial charge in [0.05, 0.1) is 38.3 Å². The molecule has 1 aliphatic carbocycles. The molecule has 2 saturated heterocycles. The smallest absolute Gasteiger partial charge is 0.406 e. The molecule has 1 aromatic rings. The lowest BCUT2D eigenvalue weighted by Gasteiger charge is -2.33. The molecule has 0 unspecified atom stereocenters. The SMILES string of the molecule is COC(=O)NCCCc1nc([C@@H](C)N(C(=O)[C@H]2CCCCO2)C2CC2)cnc1O[C@@H]1CCOC1. The Morgan fingerprint density at radius 1 is 1.24 bits per heavy atom. The van der Waals surface area contributed by atoms with Crippen LogP contribution < -0.4 is 10.1 Å². The summed E-state index contributed by atoms with van der Waals surface area (Å²) in [5, 5.41) is 2.69. The highest BCUT2D eigenvalue weighted by Gasteiger charge is 2.40. The van der Waals surface area contributed by atoms with Gasteiger partial charge < -0.3 is 29.2 Å².